The number of pyridine rings is 1. The van der Waals surface area contributed by atoms with Gasteiger partial charge in [-0.05, 0) is 18.6 Å². The normalized spacial score (nSPS) is 14.9. The Morgan fingerprint density at radius 1 is 1.13 bits per heavy atom. The Bertz CT molecular complexity index is 987. The van der Waals surface area contributed by atoms with E-state index in [2.05, 4.69) is 9.97 Å². The Labute approximate surface area is 175 Å². The quantitative estimate of drug-likeness (QED) is 0.680. The number of nitrogens with zero attached hydrogens (tertiary/aromatic N) is 5. The molecule has 30 heavy (non-hydrogen) atoms. The SMILES string of the molecule is COCCCn1c(=O)c(C(=O)N2CCN(C(=O)C(C)(C)C)CC2)nc2cccnc21. The summed E-state index contributed by atoms with van der Waals surface area (Å²) in [4.78, 5) is 50.6. The molecule has 2 aromatic rings. The van der Waals surface area contributed by atoms with E-state index in [1.165, 1.54) is 4.57 Å². The van der Waals surface area contributed by atoms with E-state index in [1.54, 1.807) is 35.2 Å². The number of rotatable bonds is 5. The first kappa shape index (κ1) is 21.9. The highest BCUT2D eigenvalue weighted by Gasteiger charge is 2.32. The maximum Gasteiger partial charge on any atom is 0.283 e. The zero-order valence-corrected chi connectivity index (χ0v) is 18.1. The van der Waals surface area contributed by atoms with E-state index >= 15 is 0 Å². The standard InChI is InChI=1S/C21H29N5O4/c1-21(2,3)20(29)25-12-10-24(11-13-25)18(27)16-19(28)26(9-6-14-30-4)17-15(23-16)7-5-8-22-17/h5,7-8H,6,9-14H2,1-4H3. The van der Waals surface area contributed by atoms with Gasteiger partial charge in [0.1, 0.15) is 5.52 Å². The summed E-state index contributed by atoms with van der Waals surface area (Å²) >= 11 is 0. The molecule has 2 aromatic heterocycles. The minimum atomic E-state index is -0.463. The Morgan fingerprint density at radius 3 is 2.43 bits per heavy atom. The first-order valence-electron chi connectivity index (χ1n) is 10.2. The van der Waals surface area contributed by atoms with Gasteiger partial charge in [-0.15, -0.1) is 0 Å². The van der Waals surface area contributed by atoms with Crippen molar-refractivity contribution in [2.45, 2.75) is 33.7 Å². The number of carbonyl (C=O) groups is 2. The number of hydrogen-bond donors (Lipinski definition) is 0. The Kier molecular flexibility index (Phi) is 6.50. The highest BCUT2D eigenvalue weighted by molar-refractivity contribution is 5.93. The first-order chi connectivity index (χ1) is 14.2. The molecular weight excluding hydrogens is 386 g/mol. The van der Waals surface area contributed by atoms with E-state index in [-0.39, 0.29) is 11.6 Å². The van der Waals surface area contributed by atoms with Crippen LogP contribution >= 0.6 is 0 Å². The summed E-state index contributed by atoms with van der Waals surface area (Å²) in [5.74, 6) is -0.348. The number of amides is 2. The van der Waals surface area contributed by atoms with Gasteiger partial charge in [0.05, 0.1) is 0 Å². The molecule has 0 radical (unpaired) electrons. The molecule has 9 nitrogen and oxygen atoms in total. The molecule has 0 spiro atoms. The molecule has 1 aliphatic rings. The summed E-state index contributed by atoms with van der Waals surface area (Å²) < 4.78 is 6.58. The first-order valence-corrected chi connectivity index (χ1v) is 10.2. The molecule has 0 bridgehead atoms. The van der Waals surface area contributed by atoms with Crippen LogP contribution in [0.5, 0.6) is 0 Å². The largest absolute Gasteiger partial charge is 0.385 e. The van der Waals surface area contributed by atoms with Crippen LogP contribution in [0.2, 0.25) is 0 Å². The van der Waals surface area contributed by atoms with Crippen molar-refractivity contribution < 1.29 is 14.3 Å². The lowest BCUT2D eigenvalue weighted by Gasteiger charge is -2.37. The van der Waals surface area contributed by atoms with Gasteiger partial charge in [-0.2, -0.15) is 0 Å². The number of piperazine rings is 1. The molecule has 3 rings (SSSR count). The van der Waals surface area contributed by atoms with Crippen LogP contribution in [0, 0.1) is 5.41 Å². The van der Waals surface area contributed by atoms with E-state index in [0.29, 0.717) is 56.9 Å². The smallest absolute Gasteiger partial charge is 0.283 e. The van der Waals surface area contributed by atoms with Crippen molar-refractivity contribution in [1.82, 2.24) is 24.3 Å². The van der Waals surface area contributed by atoms with Gasteiger partial charge < -0.3 is 14.5 Å². The molecule has 1 aliphatic heterocycles. The van der Waals surface area contributed by atoms with E-state index in [4.69, 9.17) is 4.74 Å². The third kappa shape index (κ3) is 4.51. The lowest BCUT2D eigenvalue weighted by atomic mass is 9.94. The Hall–Kier alpha value is -2.81. The van der Waals surface area contributed by atoms with Crippen molar-refractivity contribution in [3.63, 3.8) is 0 Å². The monoisotopic (exact) mass is 415 g/mol. The number of aryl methyl sites for hydroxylation is 1. The predicted octanol–water partition coefficient (Wildman–Crippen LogP) is 1.16. The van der Waals surface area contributed by atoms with Crippen LogP contribution < -0.4 is 5.56 Å². The zero-order chi connectivity index (χ0) is 21.9. The fourth-order valence-corrected chi connectivity index (χ4v) is 3.53. The highest BCUT2D eigenvalue weighted by Crippen LogP contribution is 2.19. The van der Waals surface area contributed by atoms with Gasteiger partial charge >= 0.3 is 0 Å². The van der Waals surface area contributed by atoms with Crippen molar-refractivity contribution in [1.29, 1.82) is 0 Å². The number of methoxy groups -OCH3 is 1. The van der Waals surface area contributed by atoms with Crippen molar-refractivity contribution in [2.24, 2.45) is 5.41 Å². The van der Waals surface area contributed by atoms with E-state index in [9.17, 15) is 14.4 Å². The summed E-state index contributed by atoms with van der Waals surface area (Å²) in [5, 5.41) is 0. The zero-order valence-electron chi connectivity index (χ0n) is 18.1. The van der Waals surface area contributed by atoms with Crippen molar-refractivity contribution in [2.75, 3.05) is 39.9 Å². The average Bonchev–Trinajstić information content (AvgIpc) is 2.73. The van der Waals surface area contributed by atoms with Crippen LogP contribution in [0.3, 0.4) is 0 Å². The average molecular weight is 415 g/mol. The molecule has 1 fully saturated rings. The number of aromatic nitrogens is 3. The van der Waals surface area contributed by atoms with Gasteiger partial charge in [0, 0.05) is 58.1 Å². The molecule has 0 saturated carbocycles. The summed E-state index contributed by atoms with van der Waals surface area (Å²) in [6, 6.07) is 3.47. The molecular formula is C21H29N5O4. The molecule has 1 saturated heterocycles. The number of carbonyl (C=O) groups excluding carboxylic acids is 2. The van der Waals surface area contributed by atoms with Gasteiger partial charge in [-0.3, -0.25) is 19.0 Å². The molecule has 0 N–H and O–H groups in total. The summed E-state index contributed by atoms with van der Waals surface area (Å²) in [5.41, 5.74) is -0.0659. The van der Waals surface area contributed by atoms with Crippen molar-refractivity contribution in [3.8, 4) is 0 Å². The number of hydrogen-bond acceptors (Lipinski definition) is 6. The van der Waals surface area contributed by atoms with Gasteiger partial charge in [0.15, 0.2) is 11.3 Å². The van der Waals surface area contributed by atoms with E-state index < -0.39 is 16.9 Å². The Balaban J connectivity index is 1.84. The molecule has 3 heterocycles. The van der Waals surface area contributed by atoms with Gasteiger partial charge in [0.25, 0.3) is 11.5 Å². The summed E-state index contributed by atoms with van der Waals surface area (Å²) in [7, 11) is 1.60. The van der Waals surface area contributed by atoms with Gasteiger partial charge in [-0.1, -0.05) is 20.8 Å². The van der Waals surface area contributed by atoms with Gasteiger partial charge in [0.2, 0.25) is 5.91 Å². The topological polar surface area (TPSA) is 97.6 Å². The lowest BCUT2D eigenvalue weighted by molar-refractivity contribution is -0.140. The second-order valence-electron chi connectivity index (χ2n) is 8.44. The van der Waals surface area contributed by atoms with Crippen molar-refractivity contribution >= 4 is 23.0 Å². The maximum atomic E-state index is 13.1. The molecule has 0 aliphatic carbocycles. The minimum Gasteiger partial charge on any atom is -0.385 e. The molecule has 0 aromatic carbocycles. The molecule has 0 atom stereocenters. The number of ether oxygens (including phenoxy) is 1. The number of fused-ring (bicyclic) bond motifs is 1. The van der Waals surface area contributed by atoms with Crippen LogP contribution in [0.15, 0.2) is 23.1 Å². The van der Waals surface area contributed by atoms with E-state index in [0.717, 1.165) is 0 Å². The predicted molar refractivity (Wildman–Crippen MR) is 112 cm³/mol. The second-order valence-corrected chi connectivity index (χ2v) is 8.44. The molecule has 2 amide bonds. The molecule has 162 valence electrons. The fraction of sp³-hybridized carbons (Fsp3) is 0.571. The maximum absolute atomic E-state index is 13.1. The van der Waals surface area contributed by atoms with E-state index in [1.807, 2.05) is 20.8 Å². The second kappa shape index (κ2) is 8.91. The van der Waals surface area contributed by atoms with Crippen molar-refractivity contribution in [3.05, 3.63) is 34.4 Å². The third-order valence-electron chi connectivity index (χ3n) is 5.13. The summed E-state index contributed by atoms with van der Waals surface area (Å²) in [6.07, 6.45) is 2.22. The summed E-state index contributed by atoms with van der Waals surface area (Å²) in [6.45, 7) is 8.15. The fourth-order valence-electron chi connectivity index (χ4n) is 3.53. The van der Waals surface area contributed by atoms with Crippen LogP contribution in [0.4, 0.5) is 0 Å². The Morgan fingerprint density at radius 2 is 1.80 bits per heavy atom. The molecule has 9 heteroatoms. The molecule has 0 unspecified atom stereocenters. The van der Waals surface area contributed by atoms with Crippen LogP contribution in [0.25, 0.3) is 11.2 Å². The van der Waals surface area contributed by atoms with Crippen LogP contribution in [-0.2, 0) is 16.1 Å². The van der Waals surface area contributed by atoms with Gasteiger partial charge in [-0.25, -0.2) is 9.97 Å². The third-order valence-corrected chi connectivity index (χ3v) is 5.13. The van der Waals surface area contributed by atoms with Crippen LogP contribution in [0.1, 0.15) is 37.7 Å². The lowest BCUT2D eigenvalue weighted by Crippen LogP contribution is -2.53. The highest BCUT2D eigenvalue weighted by atomic mass is 16.5. The minimum absolute atomic E-state index is 0.0602. The van der Waals surface area contributed by atoms with Crippen LogP contribution in [-0.4, -0.2) is 76.0 Å².